The van der Waals surface area contributed by atoms with Gasteiger partial charge in [-0.05, 0) is 74.0 Å². The zero-order valence-electron chi connectivity index (χ0n) is 17.0. The van der Waals surface area contributed by atoms with Gasteiger partial charge < -0.3 is 4.57 Å². The van der Waals surface area contributed by atoms with Gasteiger partial charge in [-0.3, -0.25) is 14.5 Å². The molecule has 0 bridgehead atoms. The summed E-state index contributed by atoms with van der Waals surface area (Å²) in [5, 5.41) is -0.241. The van der Waals surface area contributed by atoms with Crippen LogP contribution in [0.2, 0.25) is 0 Å². The second kappa shape index (κ2) is 8.28. The SMILES string of the molecule is Cc1ccc(-n2c(C)cc(/C=C3\SC(=O)N(Cc4ccccc4Br)C3=O)c2C)cc1. The molecule has 4 nitrogen and oxygen atoms in total. The Balaban J connectivity index is 1.63. The van der Waals surface area contributed by atoms with E-state index in [2.05, 4.69) is 57.8 Å². The van der Waals surface area contributed by atoms with Crippen LogP contribution in [0.15, 0.2) is 64.0 Å². The van der Waals surface area contributed by atoms with Gasteiger partial charge in [0.15, 0.2) is 0 Å². The highest BCUT2D eigenvalue weighted by atomic mass is 79.9. The van der Waals surface area contributed by atoms with Crippen LogP contribution >= 0.6 is 27.7 Å². The summed E-state index contributed by atoms with van der Waals surface area (Å²) in [6, 6.07) is 18.0. The van der Waals surface area contributed by atoms with Crippen LogP contribution in [0.4, 0.5) is 4.79 Å². The first-order chi connectivity index (χ1) is 14.3. The van der Waals surface area contributed by atoms with Gasteiger partial charge in [0, 0.05) is 21.5 Å². The number of hydrogen-bond acceptors (Lipinski definition) is 3. The summed E-state index contributed by atoms with van der Waals surface area (Å²) in [6.45, 7) is 6.40. The number of carbonyl (C=O) groups is 2. The van der Waals surface area contributed by atoms with Crippen LogP contribution in [0.25, 0.3) is 11.8 Å². The van der Waals surface area contributed by atoms with Crippen LogP contribution in [0.3, 0.4) is 0 Å². The van der Waals surface area contributed by atoms with Gasteiger partial charge in [0.25, 0.3) is 11.1 Å². The number of aryl methyl sites for hydroxylation is 2. The van der Waals surface area contributed by atoms with E-state index in [1.54, 1.807) is 0 Å². The third-order valence-electron chi connectivity index (χ3n) is 5.21. The van der Waals surface area contributed by atoms with E-state index in [0.29, 0.717) is 4.91 Å². The van der Waals surface area contributed by atoms with E-state index in [4.69, 9.17) is 0 Å². The molecule has 30 heavy (non-hydrogen) atoms. The summed E-state index contributed by atoms with van der Waals surface area (Å²) < 4.78 is 3.05. The summed E-state index contributed by atoms with van der Waals surface area (Å²) in [6.07, 6.45) is 1.83. The molecule has 1 aromatic heterocycles. The summed E-state index contributed by atoms with van der Waals surface area (Å²) >= 11 is 4.48. The van der Waals surface area contributed by atoms with Gasteiger partial charge in [-0.2, -0.15) is 0 Å². The van der Waals surface area contributed by atoms with Crippen molar-refractivity contribution in [3.8, 4) is 5.69 Å². The van der Waals surface area contributed by atoms with Gasteiger partial charge >= 0.3 is 0 Å². The van der Waals surface area contributed by atoms with Crippen molar-refractivity contribution < 1.29 is 9.59 Å². The maximum atomic E-state index is 12.9. The molecule has 0 saturated carbocycles. The summed E-state index contributed by atoms with van der Waals surface area (Å²) in [5.41, 5.74) is 6.25. The number of hydrogen-bond donors (Lipinski definition) is 0. The molecule has 2 heterocycles. The molecule has 1 fully saturated rings. The summed E-state index contributed by atoms with van der Waals surface area (Å²) in [5.74, 6) is -0.249. The van der Waals surface area contributed by atoms with Crippen molar-refractivity contribution in [2.75, 3.05) is 0 Å². The molecule has 0 unspecified atom stereocenters. The minimum Gasteiger partial charge on any atom is -0.318 e. The van der Waals surface area contributed by atoms with Gasteiger partial charge in [-0.1, -0.05) is 51.8 Å². The Kier molecular flexibility index (Phi) is 5.71. The van der Waals surface area contributed by atoms with Crippen LogP contribution < -0.4 is 0 Å². The number of carbonyl (C=O) groups excluding carboxylic acids is 2. The van der Waals surface area contributed by atoms with Crippen molar-refractivity contribution in [1.82, 2.24) is 9.47 Å². The Hall–Kier alpha value is -2.57. The molecule has 1 aliphatic rings. The van der Waals surface area contributed by atoms with Crippen LogP contribution in [-0.2, 0) is 11.3 Å². The maximum absolute atomic E-state index is 12.9. The summed E-state index contributed by atoms with van der Waals surface area (Å²) in [7, 11) is 0. The van der Waals surface area contributed by atoms with E-state index in [1.165, 1.54) is 10.5 Å². The lowest BCUT2D eigenvalue weighted by Gasteiger charge is -2.13. The molecule has 0 aliphatic carbocycles. The highest BCUT2D eigenvalue weighted by molar-refractivity contribution is 9.10. The standard InChI is InChI=1S/C24H21BrN2O2S/c1-15-8-10-20(11-9-15)27-16(2)12-19(17(27)3)13-22-23(28)26(24(29)30-22)14-18-6-4-5-7-21(18)25/h4-13H,14H2,1-3H3/b22-13-. The van der Waals surface area contributed by atoms with E-state index in [-0.39, 0.29) is 17.7 Å². The number of thioether (sulfide) groups is 1. The Bertz CT molecular complexity index is 1180. The van der Waals surface area contributed by atoms with Crippen molar-refractivity contribution >= 4 is 44.9 Å². The lowest BCUT2D eigenvalue weighted by molar-refractivity contribution is -0.123. The van der Waals surface area contributed by atoms with Gasteiger partial charge in [-0.25, -0.2) is 0 Å². The van der Waals surface area contributed by atoms with Crippen LogP contribution in [0.5, 0.6) is 0 Å². The minimum absolute atomic E-state index is 0.241. The van der Waals surface area contributed by atoms with Crippen molar-refractivity contribution in [2.45, 2.75) is 27.3 Å². The molecule has 1 aliphatic heterocycles. The molecule has 1 saturated heterocycles. The fourth-order valence-corrected chi connectivity index (χ4v) is 4.84. The first kappa shape index (κ1) is 20.7. The van der Waals surface area contributed by atoms with E-state index >= 15 is 0 Å². The predicted molar refractivity (Wildman–Crippen MR) is 126 cm³/mol. The minimum atomic E-state index is -0.249. The first-order valence-corrected chi connectivity index (χ1v) is 11.2. The monoisotopic (exact) mass is 480 g/mol. The molecule has 6 heteroatoms. The quantitative estimate of drug-likeness (QED) is 0.405. The van der Waals surface area contributed by atoms with Crippen LogP contribution in [0.1, 0.15) is 28.1 Å². The number of halogens is 1. The number of rotatable bonds is 4. The highest BCUT2D eigenvalue weighted by Crippen LogP contribution is 2.35. The smallest absolute Gasteiger partial charge is 0.293 e. The van der Waals surface area contributed by atoms with Gasteiger partial charge in [0.1, 0.15) is 0 Å². The van der Waals surface area contributed by atoms with Crippen LogP contribution in [0, 0.1) is 20.8 Å². The van der Waals surface area contributed by atoms with Gasteiger partial charge in [0.05, 0.1) is 11.4 Å². The third-order valence-corrected chi connectivity index (χ3v) is 6.89. The number of benzene rings is 2. The largest absolute Gasteiger partial charge is 0.318 e. The molecule has 3 aromatic rings. The molecule has 152 valence electrons. The Morgan fingerprint density at radius 2 is 1.70 bits per heavy atom. The molecule has 0 atom stereocenters. The zero-order valence-corrected chi connectivity index (χ0v) is 19.4. The van der Waals surface area contributed by atoms with E-state index in [0.717, 1.165) is 44.4 Å². The van der Waals surface area contributed by atoms with Gasteiger partial charge in [0.2, 0.25) is 0 Å². The molecule has 0 radical (unpaired) electrons. The predicted octanol–water partition coefficient (Wildman–Crippen LogP) is 6.40. The van der Waals surface area contributed by atoms with Crippen molar-refractivity contribution in [1.29, 1.82) is 0 Å². The van der Waals surface area contributed by atoms with Gasteiger partial charge in [-0.15, -0.1) is 0 Å². The number of nitrogens with zero attached hydrogens (tertiary/aromatic N) is 2. The average Bonchev–Trinajstić information content (AvgIpc) is 3.14. The van der Waals surface area contributed by atoms with Crippen molar-refractivity contribution in [2.24, 2.45) is 0 Å². The third kappa shape index (κ3) is 3.89. The van der Waals surface area contributed by atoms with Crippen molar-refractivity contribution in [3.63, 3.8) is 0 Å². The fraction of sp³-hybridized carbons (Fsp3) is 0.167. The molecule has 0 spiro atoms. The zero-order chi connectivity index (χ0) is 21.4. The Morgan fingerprint density at radius 3 is 2.40 bits per heavy atom. The lowest BCUT2D eigenvalue weighted by atomic mass is 10.2. The van der Waals surface area contributed by atoms with E-state index in [9.17, 15) is 9.59 Å². The average molecular weight is 481 g/mol. The highest BCUT2D eigenvalue weighted by Gasteiger charge is 2.35. The van der Waals surface area contributed by atoms with Crippen LogP contribution in [-0.4, -0.2) is 20.6 Å². The summed E-state index contributed by atoms with van der Waals surface area (Å²) in [4.78, 5) is 27.2. The topological polar surface area (TPSA) is 42.3 Å². The Labute approximate surface area is 188 Å². The Morgan fingerprint density at radius 1 is 1.00 bits per heavy atom. The molecular weight excluding hydrogens is 460 g/mol. The first-order valence-electron chi connectivity index (χ1n) is 9.60. The number of aromatic nitrogens is 1. The van der Waals surface area contributed by atoms with Crippen molar-refractivity contribution in [3.05, 3.63) is 92.1 Å². The van der Waals surface area contributed by atoms with E-state index in [1.807, 2.05) is 44.2 Å². The van der Waals surface area contributed by atoms with E-state index < -0.39 is 0 Å². The lowest BCUT2D eigenvalue weighted by Crippen LogP contribution is -2.27. The molecule has 2 amide bonds. The second-order valence-electron chi connectivity index (χ2n) is 7.36. The maximum Gasteiger partial charge on any atom is 0.293 e. The normalized spacial score (nSPS) is 15.5. The molecule has 4 rings (SSSR count). The number of imide groups is 1. The molecule has 2 aromatic carbocycles. The molecular formula is C24H21BrN2O2S. The second-order valence-corrected chi connectivity index (χ2v) is 9.20. The molecule has 0 N–H and O–H groups in total. The fourth-order valence-electron chi connectivity index (χ4n) is 3.60. The number of amides is 2.